The summed E-state index contributed by atoms with van der Waals surface area (Å²) in [6.45, 7) is -2.10. The number of rotatable bonds is 7. The molecular formula is C7H16O7. The van der Waals surface area contributed by atoms with Gasteiger partial charge in [0.2, 0.25) is 0 Å². The van der Waals surface area contributed by atoms with Crippen molar-refractivity contribution in [3.63, 3.8) is 0 Å². The average molecular weight is 212 g/mol. The fourth-order valence-electron chi connectivity index (χ4n) is 0.870. The highest BCUT2D eigenvalue weighted by molar-refractivity contribution is 4.76. The van der Waals surface area contributed by atoms with Crippen molar-refractivity contribution in [3.8, 4) is 0 Å². The first-order valence-corrected chi connectivity index (χ1v) is 4.09. The van der Waals surface area contributed by atoms with Gasteiger partial charge >= 0.3 is 0 Å². The quantitative estimate of drug-likeness (QED) is 0.240. The number of aliphatic hydroxyl groups excluding tert-OH is 6. The van der Waals surface area contributed by atoms with Crippen molar-refractivity contribution in [1.82, 2.24) is 0 Å². The summed E-state index contributed by atoms with van der Waals surface area (Å²) in [6.07, 6.45) is -5.83. The Morgan fingerprint density at radius 1 is 0.786 bits per heavy atom. The van der Waals surface area contributed by atoms with Gasteiger partial charge in [0.1, 0.15) is 18.3 Å². The molecule has 0 spiro atoms. The molecule has 0 saturated heterocycles. The molecule has 0 rings (SSSR count). The molecule has 7 nitrogen and oxygen atoms in total. The topological polar surface area (TPSA) is 131 Å². The Kier molecular flexibility index (Phi) is 6.93. The predicted octanol–water partition coefficient (Wildman–Crippen LogP) is -3.61. The highest BCUT2D eigenvalue weighted by Gasteiger charge is 2.29. The van der Waals surface area contributed by atoms with Crippen molar-refractivity contribution in [1.29, 1.82) is 0 Å². The smallest absolute Gasteiger partial charge is 0.178 e. The molecule has 0 bridgehead atoms. The minimum atomic E-state index is -1.58. The molecule has 0 radical (unpaired) electrons. The van der Waals surface area contributed by atoms with E-state index in [1.54, 1.807) is 0 Å². The molecule has 1 unspecified atom stereocenters. The Labute approximate surface area is 80.8 Å². The largest absolute Gasteiger partial charge is 0.394 e. The molecule has 4 atom stereocenters. The summed E-state index contributed by atoms with van der Waals surface area (Å²) in [5.41, 5.74) is 0. The first-order valence-electron chi connectivity index (χ1n) is 4.09. The van der Waals surface area contributed by atoms with Gasteiger partial charge in [-0.3, -0.25) is 0 Å². The van der Waals surface area contributed by atoms with Gasteiger partial charge in [0.05, 0.1) is 19.8 Å². The Bertz CT molecular complexity index is 132. The summed E-state index contributed by atoms with van der Waals surface area (Å²) < 4.78 is 4.59. The van der Waals surface area contributed by atoms with Crippen molar-refractivity contribution in [2.45, 2.75) is 24.6 Å². The van der Waals surface area contributed by atoms with E-state index < -0.39 is 44.4 Å². The van der Waals surface area contributed by atoms with Gasteiger partial charge in [-0.25, -0.2) is 0 Å². The maximum absolute atomic E-state index is 9.12. The normalized spacial score (nSPS) is 20.1. The van der Waals surface area contributed by atoms with Crippen LogP contribution < -0.4 is 0 Å². The zero-order valence-electron chi connectivity index (χ0n) is 7.52. The third-order valence-corrected chi connectivity index (χ3v) is 1.60. The van der Waals surface area contributed by atoms with E-state index >= 15 is 0 Å². The maximum atomic E-state index is 9.12. The van der Waals surface area contributed by atoms with Gasteiger partial charge in [0.25, 0.3) is 0 Å². The molecule has 0 aliphatic heterocycles. The minimum absolute atomic E-state index is 0.695. The summed E-state index contributed by atoms with van der Waals surface area (Å²) in [7, 11) is 0. The van der Waals surface area contributed by atoms with Crippen molar-refractivity contribution in [2.24, 2.45) is 0 Å². The lowest BCUT2D eigenvalue weighted by Gasteiger charge is -2.27. The van der Waals surface area contributed by atoms with Crippen LogP contribution in [0.4, 0.5) is 0 Å². The molecule has 7 heteroatoms. The second kappa shape index (κ2) is 7.07. The van der Waals surface area contributed by atoms with Crippen LogP contribution in [0.15, 0.2) is 0 Å². The first kappa shape index (κ1) is 13.7. The zero-order valence-corrected chi connectivity index (χ0v) is 7.52. The Morgan fingerprint density at radius 3 is 1.50 bits per heavy atom. The van der Waals surface area contributed by atoms with Crippen LogP contribution in [0.3, 0.4) is 0 Å². The number of hydrogen-bond donors (Lipinski definition) is 6. The van der Waals surface area contributed by atoms with Gasteiger partial charge in [-0.05, 0) is 0 Å². The second-order valence-corrected chi connectivity index (χ2v) is 2.74. The molecule has 0 aromatic rings. The van der Waals surface area contributed by atoms with E-state index in [1.165, 1.54) is 0 Å². The van der Waals surface area contributed by atoms with Crippen molar-refractivity contribution >= 4 is 0 Å². The standard InChI is InChI=1S/C7H16O7/c8-1-4(11)7(5(12)2-9)14-6(13)3-10/h4-13H,1-3H2/t4-,5+,6-,7?/m0/s1. The molecular weight excluding hydrogens is 196 g/mol. The number of hydrogen-bond acceptors (Lipinski definition) is 7. The Hall–Kier alpha value is -0.280. The highest BCUT2D eigenvalue weighted by atomic mass is 16.6. The summed E-state index contributed by atoms with van der Waals surface area (Å²) >= 11 is 0. The van der Waals surface area contributed by atoms with Crippen LogP contribution in [-0.4, -0.2) is 75.1 Å². The fraction of sp³-hybridized carbons (Fsp3) is 1.00. The van der Waals surface area contributed by atoms with Crippen molar-refractivity contribution in [3.05, 3.63) is 0 Å². The van der Waals surface area contributed by atoms with Crippen LogP contribution in [0, 0.1) is 0 Å². The van der Waals surface area contributed by atoms with E-state index in [0.717, 1.165) is 0 Å². The van der Waals surface area contributed by atoms with Gasteiger partial charge in [0, 0.05) is 0 Å². The van der Waals surface area contributed by atoms with Crippen LogP contribution in [0.1, 0.15) is 0 Å². The van der Waals surface area contributed by atoms with Crippen LogP contribution in [-0.2, 0) is 4.74 Å². The van der Waals surface area contributed by atoms with Gasteiger partial charge in [-0.2, -0.15) is 0 Å². The summed E-state index contributed by atoms with van der Waals surface area (Å²) in [5, 5.41) is 52.7. The van der Waals surface area contributed by atoms with Crippen molar-refractivity contribution < 1.29 is 35.4 Å². The highest BCUT2D eigenvalue weighted by Crippen LogP contribution is 2.07. The predicted molar refractivity (Wildman–Crippen MR) is 44.2 cm³/mol. The van der Waals surface area contributed by atoms with E-state index in [2.05, 4.69) is 4.74 Å². The molecule has 0 aromatic heterocycles. The van der Waals surface area contributed by atoms with E-state index in [-0.39, 0.29) is 0 Å². The number of ether oxygens (including phenoxy) is 1. The average Bonchev–Trinajstić information content (AvgIpc) is 2.23. The van der Waals surface area contributed by atoms with Gasteiger partial charge in [0.15, 0.2) is 6.29 Å². The molecule has 0 fully saturated rings. The lowest BCUT2D eigenvalue weighted by molar-refractivity contribution is -0.214. The summed E-state index contributed by atoms with van der Waals surface area (Å²) in [6, 6.07) is 0. The molecule has 0 saturated carbocycles. The van der Waals surface area contributed by atoms with Crippen LogP contribution in [0.5, 0.6) is 0 Å². The van der Waals surface area contributed by atoms with Crippen molar-refractivity contribution in [2.75, 3.05) is 19.8 Å². The minimum Gasteiger partial charge on any atom is -0.394 e. The molecule has 0 aliphatic rings. The molecule has 86 valence electrons. The fourth-order valence-corrected chi connectivity index (χ4v) is 0.870. The molecule has 0 amide bonds. The molecule has 0 heterocycles. The van der Waals surface area contributed by atoms with Crippen LogP contribution in [0.25, 0.3) is 0 Å². The van der Waals surface area contributed by atoms with Gasteiger partial charge in [-0.15, -0.1) is 0 Å². The lowest BCUT2D eigenvalue weighted by Crippen LogP contribution is -2.46. The van der Waals surface area contributed by atoms with E-state index in [9.17, 15) is 0 Å². The third-order valence-electron chi connectivity index (χ3n) is 1.60. The monoisotopic (exact) mass is 212 g/mol. The second-order valence-electron chi connectivity index (χ2n) is 2.74. The Balaban J connectivity index is 4.23. The number of aliphatic hydroxyl groups is 6. The molecule has 0 aromatic carbocycles. The van der Waals surface area contributed by atoms with Crippen LogP contribution in [0.2, 0.25) is 0 Å². The maximum Gasteiger partial charge on any atom is 0.178 e. The van der Waals surface area contributed by atoms with E-state index in [4.69, 9.17) is 30.6 Å². The van der Waals surface area contributed by atoms with Gasteiger partial charge < -0.3 is 35.4 Å². The lowest BCUT2D eigenvalue weighted by atomic mass is 10.1. The molecule has 14 heavy (non-hydrogen) atoms. The summed E-state index contributed by atoms with van der Waals surface area (Å²) in [4.78, 5) is 0. The van der Waals surface area contributed by atoms with E-state index in [1.807, 2.05) is 0 Å². The molecule has 0 aliphatic carbocycles. The third kappa shape index (κ3) is 4.29. The van der Waals surface area contributed by atoms with Crippen LogP contribution >= 0.6 is 0 Å². The van der Waals surface area contributed by atoms with E-state index in [0.29, 0.717) is 0 Å². The van der Waals surface area contributed by atoms with Gasteiger partial charge in [-0.1, -0.05) is 0 Å². The SMILES string of the molecule is OC[C@@H](O)OC([C@H](O)CO)[C@@H](O)CO. The molecule has 6 N–H and O–H groups in total. The Morgan fingerprint density at radius 2 is 1.21 bits per heavy atom. The zero-order chi connectivity index (χ0) is 11.1. The first-order chi connectivity index (χ1) is 6.56. The summed E-state index contributed by atoms with van der Waals surface area (Å²) in [5.74, 6) is 0.